The number of rotatable bonds is 4. The fraction of sp³-hybridized carbons (Fsp3) is 0.211. The Hall–Kier alpha value is -3.02. The average Bonchev–Trinajstić information content (AvgIpc) is 3.05. The molecule has 0 bridgehead atoms. The van der Waals surface area contributed by atoms with Crippen molar-refractivity contribution in [2.45, 2.75) is 20.4 Å². The molecule has 0 atom stereocenters. The number of nitrogens with zero attached hydrogens (tertiary/aromatic N) is 2. The first-order valence-corrected chi connectivity index (χ1v) is 7.91. The molecule has 3 aromatic rings. The molecule has 3 rings (SSSR count). The van der Waals surface area contributed by atoms with E-state index >= 15 is 0 Å². The molecule has 0 saturated carbocycles. The van der Waals surface area contributed by atoms with Crippen molar-refractivity contribution in [1.29, 1.82) is 0 Å². The number of aromatic nitrogens is 2. The van der Waals surface area contributed by atoms with E-state index in [4.69, 9.17) is 0 Å². The van der Waals surface area contributed by atoms with Crippen molar-refractivity contribution in [2.24, 2.45) is 0 Å². The SMILES string of the molecule is CC.COC(=O)C(=O)c1ccc2nn(Cc3ccc(F)cc3)cc2c1. The van der Waals surface area contributed by atoms with Crippen molar-refractivity contribution >= 4 is 22.7 Å². The summed E-state index contributed by atoms with van der Waals surface area (Å²) in [6.07, 6.45) is 1.77. The summed E-state index contributed by atoms with van der Waals surface area (Å²) < 4.78 is 19.0. The third-order valence-corrected chi connectivity index (χ3v) is 3.44. The number of carbonyl (C=O) groups excluding carboxylic acids is 2. The van der Waals surface area contributed by atoms with Gasteiger partial charge in [0, 0.05) is 17.1 Å². The fourth-order valence-corrected chi connectivity index (χ4v) is 2.29. The van der Waals surface area contributed by atoms with Crippen LogP contribution in [0.2, 0.25) is 0 Å². The molecule has 0 unspecified atom stereocenters. The number of ether oxygens (including phenoxy) is 1. The zero-order valence-corrected chi connectivity index (χ0v) is 14.3. The lowest BCUT2D eigenvalue weighted by molar-refractivity contribution is -0.135. The van der Waals surface area contributed by atoms with Crippen LogP contribution in [0.3, 0.4) is 0 Å². The molecular formula is C19H19FN2O3. The molecule has 6 heteroatoms. The van der Waals surface area contributed by atoms with Gasteiger partial charge in [0.15, 0.2) is 0 Å². The second-order valence-corrected chi connectivity index (χ2v) is 5.05. The molecule has 2 aromatic carbocycles. The molecule has 130 valence electrons. The zero-order chi connectivity index (χ0) is 18.4. The number of benzene rings is 2. The molecule has 0 N–H and O–H groups in total. The van der Waals surface area contributed by atoms with Gasteiger partial charge in [0.1, 0.15) is 5.82 Å². The molecule has 1 aromatic heterocycles. The van der Waals surface area contributed by atoms with E-state index in [1.165, 1.54) is 25.3 Å². The minimum Gasteiger partial charge on any atom is -0.463 e. The highest BCUT2D eigenvalue weighted by atomic mass is 19.1. The van der Waals surface area contributed by atoms with Gasteiger partial charge in [-0.3, -0.25) is 9.48 Å². The van der Waals surface area contributed by atoms with E-state index in [0.29, 0.717) is 12.1 Å². The molecule has 1 heterocycles. The van der Waals surface area contributed by atoms with Gasteiger partial charge in [-0.05, 0) is 35.9 Å². The van der Waals surface area contributed by atoms with Crippen molar-refractivity contribution in [2.75, 3.05) is 7.11 Å². The summed E-state index contributed by atoms with van der Waals surface area (Å²) in [7, 11) is 1.17. The van der Waals surface area contributed by atoms with E-state index in [0.717, 1.165) is 10.9 Å². The van der Waals surface area contributed by atoms with E-state index < -0.39 is 11.8 Å². The predicted octanol–water partition coefficient (Wildman–Crippen LogP) is 3.61. The minimum absolute atomic E-state index is 0.255. The lowest BCUT2D eigenvalue weighted by Gasteiger charge is -2.00. The number of fused-ring (bicyclic) bond motifs is 1. The quantitative estimate of drug-likeness (QED) is 0.413. The number of carbonyl (C=O) groups is 2. The molecule has 0 radical (unpaired) electrons. The summed E-state index contributed by atoms with van der Waals surface area (Å²) in [5, 5.41) is 5.13. The molecule has 0 aliphatic carbocycles. The van der Waals surface area contributed by atoms with Crippen LogP contribution >= 0.6 is 0 Å². The van der Waals surface area contributed by atoms with E-state index in [9.17, 15) is 14.0 Å². The molecule has 0 saturated heterocycles. The highest BCUT2D eigenvalue weighted by molar-refractivity contribution is 6.40. The summed E-state index contributed by atoms with van der Waals surface area (Å²) >= 11 is 0. The van der Waals surface area contributed by atoms with Crippen LogP contribution in [0.1, 0.15) is 29.8 Å². The minimum atomic E-state index is -0.900. The summed E-state index contributed by atoms with van der Waals surface area (Å²) in [5.74, 6) is -1.88. The van der Waals surface area contributed by atoms with Crippen molar-refractivity contribution in [3.05, 3.63) is 65.6 Å². The van der Waals surface area contributed by atoms with E-state index in [-0.39, 0.29) is 11.4 Å². The lowest BCUT2D eigenvalue weighted by atomic mass is 10.1. The Balaban J connectivity index is 0.00000109. The Labute approximate surface area is 145 Å². The number of esters is 1. The highest BCUT2D eigenvalue weighted by Gasteiger charge is 2.17. The van der Waals surface area contributed by atoms with Crippen LogP contribution in [0.15, 0.2) is 48.7 Å². The molecule has 0 amide bonds. The third-order valence-electron chi connectivity index (χ3n) is 3.44. The highest BCUT2D eigenvalue weighted by Crippen LogP contribution is 2.16. The van der Waals surface area contributed by atoms with Gasteiger partial charge in [-0.2, -0.15) is 5.10 Å². The average molecular weight is 342 g/mol. The maximum atomic E-state index is 12.9. The van der Waals surface area contributed by atoms with Crippen LogP contribution in [0.4, 0.5) is 4.39 Å². The number of hydrogen-bond donors (Lipinski definition) is 0. The Kier molecular flexibility index (Phi) is 6.00. The van der Waals surface area contributed by atoms with Crippen molar-refractivity contribution < 1.29 is 18.7 Å². The van der Waals surface area contributed by atoms with E-state index in [2.05, 4.69) is 9.84 Å². The van der Waals surface area contributed by atoms with Crippen LogP contribution in [-0.4, -0.2) is 28.6 Å². The van der Waals surface area contributed by atoms with Crippen LogP contribution in [0, 0.1) is 5.82 Å². The predicted molar refractivity (Wildman–Crippen MR) is 92.9 cm³/mol. The largest absolute Gasteiger partial charge is 0.463 e. The fourth-order valence-electron chi connectivity index (χ4n) is 2.29. The van der Waals surface area contributed by atoms with Gasteiger partial charge in [-0.1, -0.05) is 26.0 Å². The summed E-state index contributed by atoms with van der Waals surface area (Å²) in [5.41, 5.74) is 1.87. The number of Topliss-reactive ketones (excluding diaryl/α,β-unsaturated/α-hetero) is 1. The Bertz CT molecular complexity index is 885. The monoisotopic (exact) mass is 342 g/mol. The van der Waals surface area contributed by atoms with Crippen LogP contribution in [0.5, 0.6) is 0 Å². The topological polar surface area (TPSA) is 61.2 Å². The molecule has 0 fully saturated rings. The first kappa shape index (κ1) is 18.3. The third kappa shape index (κ3) is 4.29. The molecule has 0 spiro atoms. The van der Waals surface area contributed by atoms with Crippen LogP contribution in [-0.2, 0) is 16.1 Å². The number of methoxy groups -OCH3 is 1. The molecule has 25 heavy (non-hydrogen) atoms. The summed E-state index contributed by atoms with van der Waals surface area (Å²) in [4.78, 5) is 23.1. The lowest BCUT2D eigenvalue weighted by Crippen LogP contribution is -2.15. The number of halogens is 1. The maximum Gasteiger partial charge on any atom is 0.379 e. The number of hydrogen-bond acceptors (Lipinski definition) is 4. The van der Waals surface area contributed by atoms with Crippen molar-refractivity contribution in [3.8, 4) is 0 Å². The van der Waals surface area contributed by atoms with Gasteiger partial charge in [0.25, 0.3) is 5.78 Å². The zero-order valence-electron chi connectivity index (χ0n) is 14.3. The Morgan fingerprint density at radius 2 is 1.80 bits per heavy atom. The maximum absolute atomic E-state index is 12.9. The van der Waals surface area contributed by atoms with Gasteiger partial charge < -0.3 is 4.74 Å². The van der Waals surface area contributed by atoms with Crippen molar-refractivity contribution in [1.82, 2.24) is 9.78 Å². The van der Waals surface area contributed by atoms with E-state index in [1.807, 2.05) is 13.8 Å². The molecule has 0 aliphatic heterocycles. The van der Waals surface area contributed by atoms with Gasteiger partial charge in [-0.15, -0.1) is 0 Å². The standard InChI is InChI=1S/C17H13FN2O3.C2H6/c1-23-17(22)16(21)12-4-7-15-13(8-12)10-20(19-15)9-11-2-5-14(18)6-3-11;1-2/h2-8,10H,9H2,1H3;1-2H3. The van der Waals surface area contributed by atoms with Crippen molar-refractivity contribution in [3.63, 3.8) is 0 Å². The first-order chi connectivity index (χ1) is 12.1. The summed E-state index contributed by atoms with van der Waals surface area (Å²) in [6.45, 7) is 4.48. The van der Waals surface area contributed by atoms with Gasteiger partial charge >= 0.3 is 5.97 Å². The van der Waals surface area contributed by atoms with Crippen LogP contribution in [0.25, 0.3) is 10.9 Å². The normalized spacial score (nSPS) is 10.1. The molecule has 5 nitrogen and oxygen atoms in total. The smallest absolute Gasteiger partial charge is 0.379 e. The second-order valence-electron chi connectivity index (χ2n) is 5.05. The summed E-state index contributed by atoms with van der Waals surface area (Å²) in [6, 6.07) is 11.0. The Morgan fingerprint density at radius 1 is 1.12 bits per heavy atom. The van der Waals surface area contributed by atoms with Gasteiger partial charge in [0.05, 0.1) is 19.2 Å². The molecule has 0 aliphatic rings. The van der Waals surface area contributed by atoms with Gasteiger partial charge in [0.2, 0.25) is 0 Å². The number of ketones is 1. The van der Waals surface area contributed by atoms with Gasteiger partial charge in [-0.25, -0.2) is 9.18 Å². The second kappa shape index (κ2) is 8.19. The Morgan fingerprint density at radius 3 is 2.44 bits per heavy atom. The van der Waals surface area contributed by atoms with E-state index in [1.54, 1.807) is 35.1 Å². The first-order valence-electron chi connectivity index (χ1n) is 7.91. The molecular weight excluding hydrogens is 323 g/mol. The van der Waals surface area contributed by atoms with Crippen LogP contribution < -0.4 is 0 Å².